The average molecular weight is 520 g/mol. The number of carbonyl (C=O) groups excluding carboxylic acids is 2. The number of thioether (sulfide) groups is 2. The van der Waals surface area contributed by atoms with Crippen molar-refractivity contribution >= 4 is 51.9 Å². The highest BCUT2D eigenvalue weighted by Crippen LogP contribution is 2.25. The summed E-state index contributed by atoms with van der Waals surface area (Å²) in [6.45, 7) is 11.9. The van der Waals surface area contributed by atoms with Crippen LogP contribution in [0.5, 0.6) is 0 Å². The van der Waals surface area contributed by atoms with Crippen LogP contribution < -0.4 is 5.32 Å². The molecule has 0 aliphatic carbocycles. The van der Waals surface area contributed by atoms with Crippen molar-refractivity contribution in [2.45, 2.75) is 50.3 Å². The van der Waals surface area contributed by atoms with Crippen LogP contribution in [0.3, 0.4) is 0 Å². The number of ether oxygens (including phenoxy) is 1. The van der Waals surface area contributed by atoms with Gasteiger partial charge in [-0.05, 0) is 33.8 Å². The predicted octanol–water partition coefficient (Wildman–Crippen LogP) is 3.84. The van der Waals surface area contributed by atoms with Crippen LogP contribution in [0.15, 0.2) is 29.0 Å². The third-order valence-electron chi connectivity index (χ3n) is 4.23. The number of anilines is 1. The van der Waals surface area contributed by atoms with Gasteiger partial charge in [0.2, 0.25) is 5.91 Å². The first-order valence-corrected chi connectivity index (χ1v) is 13.1. The molecule has 1 amide bonds. The zero-order chi connectivity index (χ0) is 24.7. The van der Waals surface area contributed by atoms with Crippen molar-refractivity contribution in [3.05, 3.63) is 46.5 Å². The van der Waals surface area contributed by atoms with E-state index < -0.39 is 5.97 Å². The van der Waals surface area contributed by atoms with E-state index >= 15 is 0 Å². The van der Waals surface area contributed by atoms with E-state index in [1.165, 1.54) is 23.5 Å². The van der Waals surface area contributed by atoms with Gasteiger partial charge < -0.3 is 14.6 Å². The highest BCUT2D eigenvalue weighted by molar-refractivity contribution is 7.99. The fourth-order valence-electron chi connectivity index (χ4n) is 2.85. The molecule has 3 rings (SSSR count). The van der Waals surface area contributed by atoms with Crippen LogP contribution in [0.4, 0.5) is 5.13 Å². The monoisotopic (exact) mass is 519 g/mol. The Morgan fingerprint density at radius 2 is 1.91 bits per heavy atom. The molecular formula is C21H25N7O3S3. The van der Waals surface area contributed by atoms with E-state index in [0.29, 0.717) is 38.3 Å². The summed E-state index contributed by atoms with van der Waals surface area (Å²) in [4.78, 5) is 37.9. The molecule has 1 N–H and O–H groups in total. The average Bonchev–Trinajstić information content (AvgIpc) is 3.33. The van der Waals surface area contributed by atoms with Gasteiger partial charge in [-0.1, -0.05) is 40.9 Å². The van der Waals surface area contributed by atoms with E-state index in [2.05, 4.69) is 37.0 Å². The van der Waals surface area contributed by atoms with Crippen molar-refractivity contribution in [1.82, 2.24) is 29.7 Å². The molecule has 0 bridgehead atoms. The van der Waals surface area contributed by atoms with E-state index in [0.717, 1.165) is 28.5 Å². The maximum atomic E-state index is 12.5. The van der Waals surface area contributed by atoms with E-state index in [4.69, 9.17) is 4.74 Å². The minimum Gasteiger partial charge on any atom is -0.462 e. The smallest absolute Gasteiger partial charge is 0.350 e. The Labute approximate surface area is 210 Å². The van der Waals surface area contributed by atoms with E-state index in [1.807, 2.05) is 24.5 Å². The van der Waals surface area contributed by atoms with Crippen LogP contribution in [0.1, 0.15) is 39.5 Å². The third kappa shape index (κ3) is 6.87. The van der Waals surface area contributed by atoms with Crippen molar-refractivity contribution < 1.29 is 14.3 Å². The maximum absolute atomic E-state index is 12.5. The van der Waals surface area contributed by atoms with Crippen molar-refractivity contribution in [3.8, 4) is 0 Å². The summed E-state index contributed by atoms with van der Waals surface area (Å²) in [5, 5.41) is 12.9. The highest BCUT2D eigenvalue weighted by Gasteiger charge is 2.19. The van der Waals surface area contributed by atoms with Gasteiger partial charge in [0.15, 0.2) is 15.4 Å². The Morgan fingerprint density at radius 1 is 1.18 bits per heavy atom. The number of thiazole rings is 1. The number of amides is 1. The van der Waals surface area contributed by atoms with Gasteiger partial charge in [-0.25, -0.2) is 19.7 Å². The Hall–Kier alpha value is -2.77. The van der Waals surface area contributed by atoms with E-state index in [-0.39, 0.29) is 18.3 Å². The Kier molecular flexibility index (Phi) is 9.19. The quantitative estimate of drug-likeness (QED) is 0.173. The van der Waals surface area contributed by atoms with Gasteiger partial charge in [0.05, 0.1) is 23.8 Å². The third-order valence-corrected chi connectivity index (χ3v) is 7.10. The Balaban J connectivity index is 1.61. The first-order valence-electron chi connectivity index (χ1n) is 10.4. The standard InChI is InChI=1S/C21H25N7O3S3/c1-6-8-28-15(10-32-19-22-12(3)9-13(4)23-19)26-27-21(28)33-11-16(29)25-20-24-14(5)17(34-20)18(30)31-7-2/h6,9H,1,7-8,10-11H2,2-5H3,(H,24,25,29). The van der Waals surface area contributed by atoms with E-state index in [9.17, 15) is 9.59 Å². The summed E-state index contributed by atoms with van der Waals surface area (Å²) >= 11 is 3.83. The number of aryl methyl sites for hydroxylation is 3. The number of aromatic nitrogens is 6. The second-order valence-corrected chi connectivity index (χ2v) is 9.89. The fourth-order valence-corrected chi connectivity index (χ4v) is 5.39. The number of hydrogen-bond donors (Lipinski definition) is 1. The van der Waals surface area contributed by atoms with Crippen LogP contribution in [0.2, 0.25) is 0 Å². The zero-order valence-electron chi connectivity index (χ0n) is 19.3. The molecule has 34 heavy (non-hydrogen) atoms. The number of rotatable bonds is 11. The van der Waals surface area contributed by atoms with E-state index in [1.54, 1.807) is 19.9 Å². The van der Waals surface area contributed by atoms with Crippen LogP contribution in [0.25, 0.3) is 0 Å². The van der Waals surface area contributed by atoms with Gasteiger partial charge in [0.1, 0.15) is 10.7 Å². The molecule has 0 aromatic carbocycles. The Bertz CT molecular complexity index is 1170. The second kappa shape index (κ2) is 12.1. The molecule has 0 radical (unpaired) electrons. The van der Waals surface area contributed by atoms with Gasteiger partial charge >= 0.3 is 5.97 Å². The summed E-state index contributed by atoms with van der Waals surface area (Å²) in [5.41, 5.74) is 2.34. The fraction of sp³-hybridized carbons (Fsp3) is 0.381. The molecule has 180 valence electrons. The van der Waals surface area contributed by atoms with Crippen LogP contribution >= 0.6 is 34.9 Å². The molecule has 3 aromatic heterocycles. The van der Waals surface area contributed by atoms with Gasteiger partial charge in [0, 0.05) is 17.9 Å². The summed E-state index contributed by atoms with van der Waals surface area (Å²) < 4.78 is 6.92. The number of nitrogens with zero attached hydrogens (tertiary/aromatic N) is 6. The molecule has 0 aliphatic rings. The number of allylic oxidation sites excluding steroid dienone is 1. The molecule has 0 saturated heterocycles. The number of nitrogens with one attached hydrogen (secondary N) is 1. The van der Waals surface area contributed by atoms with Crippen molar-refractivity contribution in [1.29, 1.82) is 0 Å². The van der Waals surface area contributed by atoms with Gasteiger partial charge in [-0.2, -0.15) is 0 Å². The minimum atomic E-state index is -0.443. The molecule has 0 saturated carbocycles. The topological polar surface area (TPSA) is 125 Å². The lowest BCUT2D eigenvalue weighted by molar-refractivity contribution is -0.113. The lowest BCUT2D eigenvalue weighted by Gasteiger charge is -2.07. The van der Waals surface area contributed by atoms with Crippen molar-refractivity contribution in [2.75, 3.05) is 17.7 Å². The molecule has 0 atom stereocenters. The summed E-state index contributed by atoms with van der Waals surface area (Å²) in [6.07, 6.45) is 1.75. The maximum Gasteiger partial charge on any atom is 0.350 e. The number of hydrogen-bond acceptors (Lipinski definition) is 11. The second-order valence-electron chi connectivity index (χ2n) is 7.01. The minimum absolute atomic E-state index is 0.107. The molecule has 3 aromatic rings. The summed E-state index contributed by atoms with van der Waals surface area (Å²) in [6, 6.07) is 1.93. The van der Waals surface area contributed by atoms with Crippen LogP contribution in [0, 0.1) is 20.8 Å². The number of carbonyl (C=O) groups is 2. The normalized spacial score (nSPS) is 10.8. The first-order chi connectivity index (χ1) is 16.3. The molecule has 0 aliphatic heterocycles. The van der Waals surface area contributed by atoms with Crippen LogP contribution in [-0.2, 0) is 21.8 Å². The largest absolute Gasteiger partial charge is 0.462 e. The molecule has 0 spiro atoms. The molecule has 0 unspecified atom stereocenters. The molecular weight excluding hydrogens is 494 g/mol. The first kappa shape index (κ1) is 25.8. The van der Waals surface area contributed by atoms with Crippen molar-refractivity contribution in [2.24, 2.45) is 0 Å². The molecule has 0 fully saturated rings. The molecule has 13 heteroatoms. The van der Waals surface area contributed by atoms with Crippen LogP contribution in [-0.4, -0.2) is 54.0 Å². The van der Waals surface area contributed by atoms with Gasteiger partial charge in [-0.3, -0.25) is 4.79 Å². The lowest BCUT2D eigenvalue weighted by Crippen LogP contribution is -2.14. The zero-order valence-corrected chi connectivity index (χ0v) is 21.8. The summed E-state index contributed by atoms with van der Waals surface area (Å²) in [7, 11) is 0. The van der Waals surface area contributed by atoms with Gasteiger partial charge in [-0.15, -0.1) is 16.8 Å². The van der Waals surface area contributed by atoms with Gasteiger partial charge in [0.25, 0.3) is 0 Å². The highest BCUT2D eigenvalue weighted by atomic mass is 32.2. The molecule has 3 heterocycles. The molecule has 10 nitrogen and oxygen atoms in total. The number of esters is 1. The Morgan fingerprint density at radius 3 is 2.59 bits per heavy atom. The predicted molar refractivity (Wildman–Crippen MR) is 133 cm³/mol. The summed E-state index contributed by atoms with van der Waals surface area (Å²) in [5.74, 6) is 0.676. The SMILES string of the molecule is C=CCn1c(CSc2nc(C)cc(C)n2)nnc1SCC(=O)Nc1nc(C)c(C(=O)OCC)s1. The van der Waals surface area contributed by atoms with Crippen molar-refractivity contribution in [3.63, 3.8) is 0 Å². The lowest BCUT2D eigenvalue weighted by atomic mass is 10.4.